The number of aromatic hydroxyl groups is 1. The molecule has 1 aromatic carbocycles. The molecule has 0 fully saturated rings. The van der Waals surface area contributed by atoms with E-state index in [1.807, 2.05) is 0 Å². The predicted molar refractivity (Wildman–Crippen MR) is 61.6 cm³/mol. The summed E-state index contributed by atoms with van der Waals surface area (Å²) in [5.74, 6) is -2.08. The molecule has 0 heterocycles. The summed E-state index contributed by atoms with van der Waals surface area (Å²) in [6, 6.07) is 4.22. The molecule has 5 heteroatoms. The summed E-state index contributed by atoms with van der Waals surface area (Å²) in [5, 5.41) is 9.56. The van der Waals surface area contributed by atoms with Crippen molar-refractivity contribution in [2.75, 3.05) is 0 Å². The fourth-order valence-corrected chi connectivity index (χ4v) is 1.90. The minimum Gasteiger partial charge on any atom is -0.507 e. The van der Waals surface area contributed by atoms with Crippen LogP contribution < -0.4 is 0 Å². The lowest BCUT2D eigenvalue weighted by molar-refractivity contribution is -0.145. The lowest BCUT2D eigenvalue weighted by Crippen LogP contribution is -2.28. The van der Waals surface area contributed by atoms with Gasteiger partial charge in [0.2, 0.25) is 17.7 Å². The Morgan fingerprint density at radius 1 is 1.33 bits per heavy atom. The topological polar surface area (TPSA) is 80.7 Å². The molecule has 0 bridgehead atoms. The van der Waals surface area contributed by atoms with Crippen LogP contribution in [-0.4, -0.2) is 28.7 Å². The number of hydrogen-bond acceptors (Lipinski definition) is 5. The molecule has 1 aliphatic rings. The molecule has 0 aromatic heterocycles. The van der Waals surface area contributed by atoms with Crippen molar-refractivity contribution in [1.82, 2.24) is 0 Å². The number of rotatable bonds is 3. The van der Waals surface area contributed by atoms with Crippen LogP contribution in [-0.2, 0) is 9.53 Å². The summed E-state index contributed by atoms with van der Waals surface area (Å²) in [4.78, 5) is 35.1. The highest BCUT2D eigenvalue weighted by atomic mass is 16.6. The maximum atomic E-state index is 11.9. The van der Waals surface area contributed by atoms with E-state index in [1.165, 1.54) is 18.2 Å². The maximum absolute atomic E-state index is 11.9. The smallest absolute Gasteiger partial charge is 0.306 e. The Kier molecular flexibility index (Phi) is 3.14. The Hall–Kier alpha value is -2.17. The standard InChI is InChI=1S/C13H12O5/c1-2-4-9(15)18-13-11(16)7-5-3-6-8(14)10(7)12(13)17/h3,5-6,13-14H,2,4H2,1H3. The molecule has 0 spiro atoms. The van der Waals surface area contributed by atoms with Gasteiger partial charge in [0, 0.05) is 12.0 Å². The third kappa shape index (κ3) is 1.88. The van der Waals surface area contributed by atoms with Crippen LogP contribution >= 0.6 is 0 Å². The molecule has 1 aliphatic carbocycles. The number of benzene rings is 1. The van der Waals surface area contributed by atoms with E-state index in [9.17, 15) is 19.5 Å². The molecule has 1 unspecified atom stereocenters. The summed E-state index contributed by atoms with van der Waals surface area (Å²) in [5.41, 5.74) is 0.0473. The second-order valence-corrected chi connectivity index (χ2v) is 4.05. The molecule has 94 valence electrons. The van der Waals surface area contributed by atoms with Crippen molar-refractivity contribution in [3.8, 4) is 5.75 Å². The second-order valence-electron chi connectivity index (χ2n) is 4.05. The van der Waals surface area contributed by atoms with E-state index in [0.717, 1.165) is 0 Å². The number of hydrogen-bond donors (Lipinski definition) is 1. The highest BCUT2D eigenvalue weighted by Crippen LogP contribution is 2.31. The van der Waals surface area contributed by atoms with Gasteiger partial charge in [0.15, 0.2) is 0 Å². The van der Waals surface area contributed by atoms with Crippen LogP contribution in [0.5, 0.6) is 5.75 Å². The molecule has 0 saturated carbocycles. The third-order valence-electron chi connectivity index (χ3n) is 2.73. The third-order valence-corrected chi connectivity index (χ3v) is 2.73. The molecule has 1 atom stereocenters. The first-order valence-electron chi connectivity index (χ1n) is 5.66. The van der Waals surface area contributed by atoms with Gasteiger partial charge in [-0.3, -0.25) is 14.4 Å². The number of ketones is 2. The number of carbonyl (C=O) groups is 3. The zero-order valence-electron chi connectivity index (χ0n) is 9.80. The molecule has 0 aliphatic heterocycles. The van der Waals surface area contributed by atoms with Gasteiger partial charge >= 0.3 is 5.97 Å². The fraction of sp³-hybridized carbons (Fsp3) is 0.308. The van der Waals surface area contributed by atoms with E-state index in [-0.39, 0.29) is 23.3 Å². The van der Waals surface area contributed by atoms with Gasteiger partial charge in [0.1, 0.15) is 5.75 Å². The number of carbonyl (C=O) groups excluding carboxylic acids is 3. The van der Waals surface area contributed by atoms with Gasteiger partial charge in [-0.2, -0.15) is 0 Å². The molecular formula is C13H12O5. The zero-order valence-corrected chi connectivity index (χ0v) is 9.80. The van der Waals surface area contributed by atoms with Crippen molar-refractivity contribution >= 4 is 17.5 Å². The predicted octanol–water partition coefficient (Wildman–Crippen LogP) is 1.48. The van der Waals surface area contributed by atoms with Crippen LogP contribution in [0.25, 0.3) is 0 Å². The van der Waals surface area contributed by atoms with Crippen LogP contribution in [0.2, 0.25) is 0 Å². The van der Waals surface area contributed by atoms with E-state index in [0.29, 0.717) is 6.42 Å². The lowest BCUT2D eigenvalue weighted by atomic mass is 10.1. The largest absolute Gasteiger partial charge is 0.507 e. The van der Waals surface area contributed by atoms with Crippen molar-refractivity contribution in [3.05, 3.63) is 29.3 Å². The minimum absolute atomic E-state index is 0.0585. The van der Waals surface area contributed by atoms with Gasteiger partial charge in [-0.1, -0.05) is 19.1 Å². The van der Waals surface area contributed by atoms with E-state index >= 15 is 0 Å². The van der Waals surface area contributed by atoms with Crippen LogP contribution in [0.3, 0.4) is 0 Å². The molecule has 0 amide bonds. The number of ether oxygens (including phenoxy) is 1. The molecule has 18 heavy (non-hydrogen) atoms. The SMILES string of the molecule is CCCC(=O)OC1C(=O)c2cccc(O)c2C1=O. The van der Waals surface area contributed by atoms with Crippen molar-refractivity contribution < 1.29 is 24.2 Å². The van der Waals surface area contributed by atoms with Gasteiger partial charge in [0.05, 0.1) is 5.56 Å². The molecule has 0 saturated heterocycles. The normalized spacial score (nSPS) is 17.7. The first-order chi connectivity index (χ1) is 8.56. The first kappa shape index (κ1) is 12.3. The summed E-state index contributed by atoms with van der Waals surface area (Å²) >= 11 is 0. The van der Waals surface area contributed by atoms with Crippen molar-refractivity contribution in [2.45, 2.75) is 25.9 Å². The first-order valence-corrected chi connectivity index (χ1v) is 5.66. The summed E-state index contributed by atoms with van der Waals surface area (Å²) in [6.45, 7) is 1.79. The van der Waals surface area contributed by atoms with Gasteiger partial charge in [0.25, 0.3) is 0 Å². The van der Waals surface area contributed by atoms with E-state index in [1.54, 1.807) is 6.92 Å². The fourth-order valence-electron chi connectivity index (χ4n) is 1.90. The lowest BCUT2D eigenvalue weighted by Gasteiger charge is -2.08. The monoisotopic (exact) mass is 248 g/mol. The molecular weight excluding hydrogens is 236 g/mol. The Balaban J connectivity index is 2.29. The Morgan fingerprint density at radius 2 is 2.06 bits per heavy atom. The number of phenolic OH excluding ortho intramolecular Hbond substituents is 1. The van der Waals surface area contributed by atoms with E-state index in [2.05, 4.69) is 0 Å². The molecule has 5 nitrogen and oxygen atoms in total. The number of phenols is 1. The van der Waals surface area contributed by atoms with E-state index < -0.39 is 23.6 Å². The van der Waals surface area contributed by atoms with Gasteiger partial charge in [-0.05, 0) is 12.5 Å². The molecule has 2 rings (SSSR count). The quantitative estimate of drug-likeness (QED) is 0.647. The van der Waals surface area contributed by atoms with Crippen molar-refractivity contribution in [3.63, 3.8) is 0 Å². The van der Waals surface area contributed by atoms with Crippen LogP contribution in [0.1, 0.15) is 40.5 Å². The van der Waals surface area contributed by atoms with E-state index in [4.69, 9.17) is 4.74 Å². The number of fused-ring (bicyclic) bond motifs is 1. The molecule has 1 N–H and O–H groups in total. The number of Topliss-reactive ketones (excluding diaryl/α,β-unsaturated/α-hetero) is 2. The second kappa shape index (κ2) is 4.60. The van der Waals surface area contributed by atoms with Gasteiger partial charge in [-0.25, -0.2) is 0 Å². The Labute approximate surface area is 103 Å². The maximum Gasteiger partial charge on any atom is 0.306 e. The van der Waals surface area contributed by atoms with Crippen LogP contribution in [0.4, 0.5) is 0 Å². The summed E-state index contributed by atoms with van der Waals surface area (Å²) in [6.07, 6.45) is -0.710. The van der Waals surface area contributed by atoms with Crippen LogP contribution in [0, 0.1) is 0 Å². The molecule has 1 aromatic rings. The zero-order chi connectivity index (χ0) is 13.3. The average Bonchev–Trinajstić information content (AvgIpc) is 2.56. The number of esters is 1. The van der Waals surface area contributed by atoms with Gasteiger partial charge in [-0.15, -0.1) is 0 Å². The summed E-state index contributed by atoms with van der Waals surface area (Å²) in [7, 11) is 0. The highest BCUT2D eigenvalue weighted by Gasteiger charge is 2.42. The highest BCUT2D eigenvalue weighted by molar-refractivity contribution is 6.30. The Bertz CT molecular complexity index is 532. The van der Waals surface area contributed by atoms with Crippen LogP contribution in [0.15, 0.2) is 18.2 Å². The van der Waals surface area contributed by atoms with Gasteiger partial charge < -0.3 is 9.84 Å². The average molecular weight is 248 g/mol. The minimum atomic E-state index is -1.44. The summed E-state index contributed by atoms with van der Waals surface area (Å²) < 4.78 is 4.86. The van der Waals surface area contributed by atoms with Crippen molar-refractivity contribution in [2.24, 2.45) is 0 Å². The molecule has 0 radical (unpaired) electrons. The van der Waals surface area contributed by atoms with Crippen molar-refractivity contribution in [1.29, 1.82) is 0 Å². The Morgan fingerprint density at radius 3 is 2.67 bits per heavy atom.